The Morgan fingerprint density at radius 1 is 1.20 bits per heavy atom. The molecule has 0 spiro atoms. The van der Waals surface area contributed by atoms with Gasteiger partial charge in [-0.15, -0.1) is 0 Å². The van der Waals surface area contributed by atoms with E-state index in [2.05, 4.69) is 4.74 Å². The van der Waals surface area contributed by atoms with Gasteiger partial charge in [0.1, 0.15) is 6.61 Å². The van der Waals surface area contributed by atoms with E-state index in [9.17, 15) is 9.59 Å². The van der Waals surface area contributed by atoms with Gasteiger partial charge < -0.3 is 9.47 Å². The lowest BCUT2D eigenvalue weighted by molar-refractivity contribution is -0.174. The minimum atomic E-state index is -0.826. The number of carbonyl (C=O) groups excluding carboxylic acids is 2. The Balaban J connectivity index is 2.64. The summed E-state index contributed by atoms with van der Waals surface area (Å²) in [5.74, 6) is -0.550. The number of methoxy groups -OCH3 is 1. The summed E-state index contributed by atoms with van der Waals surface area (Å²) < 4.78 is 9.74. The minimum Gasteiger partial charge on any atom is -0.467 e. The largest absolute Gasteiger partial charge is 0.467 e. The van der Waals surface area contributed by atoms with Crippen LogP contribution < -0.4 is 0 Å². The highest BCUT2D eigenvalue weighted by atomic mass is 16.7. The molecule has 1 aromatic rings. The molecule has 0 radical (unpaired) electrons. The number of hydrogen-bond donors (Lipinski definition) is 0. The maximum atomic E-state index is 11.9. The smallest absolute Gasteiger partial charge is 0.435 e. The molecule has 6 heteroatoms. The quantitative estimate of drug-likeness (QED) is 0.590. The van der Waals surface area contributed by atoms with E-state index in [1.54, 1.807) is 6.92 Å². The second kappa shape index (κ2) is 8.16. The molecule has 20 heavy (non-hydrogen) atoms. The van der Waals surface area contributed by atoms with Crippen LogP contribution in [0.3, 0.4) is 0 Å². The first kappa shape index (κ1) is 16.0. The van der Waals surface area contributed by atoms with Crippen LogP contribution in [-0.2, 0) is 25.7 Å². The first-order valence-electron chi connectivity index (χ1n) is 6.25. The Labute approximate surface area is 118 Å². The fraction of sp³-hybridized carbons (Fsp3) is 0.429. The second-order valence-corrected chi connectivity index (χ2v) is 4.00. The van der Waals surface area contributed by atoms with Crippen LogP contribution in [0.15, 0.2) is 30.3 Å². The predicted molar refractivity (Wildman–Crippen MR) is 71.6 cm³/mol. The Hall–Kier alpha value is -2.08. The van der Waals surface area contributed by atoms with Crippen molar-refractivity contribution in [2.75, 3.05) is 14.2 Å². The summed E-state index contributed by atoms with van der Waals surface area (Å²) in [5.41, 5.74) is 0.850. The van der Waals surface area contributed by atoms with E-state index >= 15 is 0 Å². The molecule has 0 heterocycles. The van der Waals surface area contributed by atoms with Crippen LogP contribution >= 0.6 is 0 Å². The van der Waals surface area contributed by atoms with Crippen molar-refractivity contribution in [3.05, 3.63) is 35.9 Å². The highest BCUT2D eigenvalue weighted by Crippen LogP contribution is 2.10. The topological polar surface area (TPSA) is 65.1 Å². The fourth-order valence-corrected chi connectivity index (χ4v) is 1.68. The molecule has 0 unspecified atom stereocenters. The number of nitrogens with zero attached hydrogens (tertiary/aromatic N) is 1. The van der Waals surface area contributed by atoms with Crippen molar-refractivity contribution >= 4 is 12.1 Å². The number of amides is 1. The predicted octanol–water partition coefficient (Wildman–Crippen LogP) is 2.14. The number of ether oxygens (including phenoxy) is 2. The molecule has 1 amide bonds. The van der Waals surface area contributed by atoms with Gasteiger partial charge in [0.05, 0.1) is 14.2 Å². The van der Waals surface area contributed by atoms with Gasteiger partial charge in [0.2, 0.25) is 0 Å². The van der Waals surface area contributed by atoms with Crippen molar-refractivity contribution in [3.8, 4) is 0 Å². The molecule has 110 valence electrons. The number of carbonyl (C=O) groups is 2. The normalized spacial score (nSPS) is 11.6. The van der Waals surface area contributed by atoms with Gasteiger partial charge in [-0.2, -0.15) is 5.06 Å². The molecule has 0 aliphatic rings. The lowest BCUT2D eigenvalue weighted by Gasteiger charge is -2.25. The zero-order chi connectivity index (χ0) is 15.0. The van der Waals surface area contributed by atoms with Gasteiger partial charge in [-0.05, 0) is 12.0 Å². The monoisotopic (exact) mass is 281 g/mol. The molecule has 6 nitrogen and oxygen atoms in total. The van der Waals surface area contributed by atoms with Crippen LogP contribution in [0.25, 0.3) is 0 Å². The SMILES string of the molecule is CC[C@@H](C(=O)OC)N(OC)C(=O)OCc1ccccc1. The van der Waals surface area contributed by atoms with Crippen LogP contribution in [0.5, 0.6) is 0 Å². The van der Waals surface area contributed by atoms with Crippen molar-refractivity contribution in [1.29, 1.82) is 0 Å². The summed E-state index contributed by atoms with van der Waals surface area (Å²) in [5, 5.41) is 0.884. The van der Waals surface area contributed by atoms with Crippen molar-refractivity contribution in [3.63, 3.8) is 0 Å². The third kappa shape index (κ3) is 4.24. The van der Waals surface area contributed by atoms with Crippen LogP contribution in [0.1, 0.15) is 18.9 Å². The van der Waals surface area contributed by atoms with Gasteiger partial charge in [-0.3, -0.25) is 4.84 Å². The molecule has 0 saturated heterocycles. The summed E-state index contributed by atoms with van der Waals surface area (Å²) in [4.78, 5) is 28.4. The lowest BCUT2D eigenvalue weighted by atomic mass is 10.2. The third-order valence-electron chi connectivity index (χ3n) is 2.72. The highest BCUT2D eigenvalue weighted by Gasteiger charge is 2.31. The van der Waals surface area contributed by atoms with Gasteiger partial charge in [-0.25, -0.2) is 9.59 Å². The lowest BCUT2D eigenvalue weighted by Crippen LogP contribution is -2.44. The van der Waals surface area contributed by atoms with E-state index in [4.69, 9.17) is 9.57 Å². The van der Waals surface area contributed by atoms with Gasteiger partial charge in [0.15, 0.2) is 6.04 Å². The molecule has 0 aliphatic heterocycles. The number of hydrogen-bond acceptors (Lipinski definition) is 5. The maximum absolute atomic E-state index is 11.9. The number of esters is 1. The molecule has 0 saturated carbocycles. The molecular weight excluding hydrogens is 262 g/mol. The van der Waals surface area contributed by atoms with E-state index in [-0.39, 0.29) is 6.61 Å². The van der Waals surface area contributed by atoms with Crippen molar-refractivity contribution in [2.45, 2.75) is 26.0 Å². The number of rotatable bonds is 6. The van der Waals surface area contributed by atoms with Gasteiger partial charge in [0.25, 0.3) is 0 Å². The maximum Gasteiger partial charge on any atom is 0.435 e. The molecule has 0 fully saturated rings. The number of benzene rings is 1. The van der Waals surface area contributed by atoms with E-state index < -0.39 is 18.1 Å². The molecule has 0 aromatic heterocycles. The average Bonchev–Trinajstić information content (AvgIpc) is 2.50. The third-order valence-corrected chi connectivity index (χ3v) is 2.72. The minimum absolute atomic E-state index is 0.108. The first-order valence-corrected chi connectivity index (χ1v) is 6.25. The van der Waals surface area contributed by atoms with Gasteiger partial charge in [-0.1, -0.05) is 37.3 Å². The first-order chi connectivity index (χ1) is 9.63. The van der Waals surface area contributed by atoms with Crippen molar-refractivity contribution < 1.29 is 23.9 Å². The Bertz CT molecular complexity index is 434. The zero-order valence-electron chi connectivity index (χ0n) is 11.9. The molecular formula is C14H19NO5. The molecule has 0 N–H and O–H groups in total. The highest BCUT2D eigenvalue weighted by molar-refractivity contribution is 5.80. The summed E-state index contributed by atoms with van der Waals surface area (Å²) in [7, 11) is 2.56. The average molecular weight is 281 g/mol. The molecule has 1 aromatic carbocycles. The van der Waals surface area contributed by atoms with E-state index in [0.717, 1.165) is 10.6 Å². The Morgan fingerprint density at radius 2 is 1.85 bits per heavy atom. The molecule has 1 rings (SSSR count). The van der Waals surface area contributed by atoms with Gasteiger partial charge in [0, 0.05) is 0 Å². The fourth-order valence-electron chi connectivity index (χ4n) is 1.68. The molecule has 0 aliphatic carbocycles. The van der Waals surface area contributed by atoms with Crippen LogP contribution in [0, 0.1) is 0 Å². The van der Waals surface area contributed by atoms with Crippen molar-refractivity contribution in [1.82, 2.24) is 5.06 Å². The Kier molecular flexibility index (Phi) is 6.52. The summed E-state index contributed by atoms with van der Waals surface area (Å²) >= 11 is 0. The standard InChI is InChI=1S/C14H19NO5/c1-4-12(13(16)18-2)15(19-3)14(17)20-10-11-8-6-5-7-9-11/h5-9,12H,4,10H2,1-3H3/t12-/m0/s1. The molecule has 0 bridgehead atoms. The van der Waals surface area contributed by atoms with E-state index in [0.29, 0.717) is 6.42 Å². The zero-order valence-corrected chi connectivity index (χ0v) is 11.9. The van der Waals surface area contributed by atoms with Crippen LogP contribution in [0.2, 0.25) is 0 Å². The van der Waals surface area contributed by atoms with Crippen molar-refractivity contribution in [2.24, 2.45) is 0 Å². The summed E-state index contributed by atoms with van der Waals surface area (Å²) in [6, 6.07) is 8.41. The van der Waals surface area contributed by atoms with Gasteiger partial charge >= 0.3 is 12.1 Å². The second-order valence-electron chi connectivity index (χ2n) is 4.00. The van der Waals surface area contributed by atoms with E-state index in [1.165, 1.54) is 14.2 Å². The van der Waals surface area contributed by atoms with Crippen LogP contribution in [-0.4, -0.2) is 37.4 Å². The van der Waals surface area contributed by atoms with E-state index in [1.807, 2.05) is 30.3 Å². The van der Waals surface area contributed by atoms with Crippen LogP contribution in [0.4, 0.5) is 4.79 Å². The number of hydroxylamine groups is 2. The summed E-state index contributed by atoms with van der Waals surface area (Å²) in [6.45, 7) is 1.86. The molecule has 1 atom stereocenters. The Morgan fingerprint density at radius 3 is 2.35 bits per heavy atom. The summed E-state index contributed by atoms with van der Waals surface area (Å²) in [6.07, 6.45) is -0.366.